The average molecular weight is 251 g/mol. The van der Waals surface area contributed by atoms with Gasteiger partial charge < -0.3 is 15.2 Å². The van der Waals surface area contributed by atoms with Crippen molar-refractivity contribution in [2.45, 2.75) is 0 Å². The number of anilines is 1. The second-order valence-corrected chi connectivity index (χ2v) is 3.99. The monoisotopic (exact) mass is 251 g/mol. The molecule has 0 atom stereocenters. The number of amides is 1. The van der Waals surface area contributed by atoms with Gasteiger partial charge in [-0.3, -0.25) is 10.2 Å². The number of rotatable bonds is 3. The van der Waals surface area contributed by atoms with Gasteiger partial charge in [0.05, 0.1) is 25.9 Å². The fraction of sp³-hybridized carbons (Fsp3) is 0.417. The maximum absolute atomic E-state index is 12.0. The molecule has 1 fully saturated rings. The van der Waals surface area contributed by atoms with E-state index < -0.39 is 0 Å². The van der Waals surface area contributed by atoms with Gasteiger partial charge in [-0.1, -0.05) is 0 Å². The lowest BCUT2D eigenvalue weighted by Crippen LogP contribution is -2.48. The number of nitrogens with two attached hydrogens (primary N) is 1. The van der Waals surface area contributed by atoms with E-state index in [0.717, 1.165) is 0 Å². The normalized spacial score (nSPS) is 16.3. The highest BCUT2D eigenvalue weighted by Crippen LogP contribution is 2.19. The van der Waals surface area contributed by atoms with Crippen LogP contribution in [0.1, 0.15) is 10.4 Å². The molecular weight excluding hydrogens is 234 g/mol. The third-order valence-corrected chi connectivity index (χ3v) is 2.77. The Morgan fingerprint density at radius 2 is 2.17 bits per heavy atom. The SMILES string of the molecule is COc1ccc(C(=O)NN2CCOCC2)c(N)c1. The molecule has 0 aromatic heterocycles. The summed E-state index contributed by atoms with van der Waals surface area (Å²) in [4.78, 5) is 12.0. The van der Waals surface area contributed by atoms with Gasteiger partial charge in [0.2, 0.25) is 0 Å². The average Bonchev–Trinajstić information content (AvgIpc) is 2.39. The third kappa shape index (κ3) is 2.91. The van der Waals surface area contributed by atoms with E-state index in [0.29, 0.717) is 43.3 Å². The molecule has 1 aromatic rings. The molecule has 0 bridgehead atoms. The first-order valence-corrected chi connectivity index (χ1v) is 5.78. The zero-order valence-corrected chi connectivity index (χ0v) is 10.3. The van der Waals surface area contributed by atoms with E-state index in [1.165, 1.54) is 0 Å². The number of hydrogen-bond donors (Lipinski definition) is 2. The molecule has 18 heavy (non-hydrogen) atoms. The summed E-state index contributed by atoms with van der Waals surface area (Å²) in [6.45, 7) is 2.61. The van der Waals surface area contributed by atoms with Crippen molar-refractivity contribution in [3.63, 3.8) is 0 Å². The summed E-state index contributed by atoms with van der Waals surface area (Å²) in [6, 6.07) is 5.00. The molecule has 0 radical (unpaired) electrons. The number of nitrogen functional groups attached to an aromatic ring is 1. The summed E-state index contributed by atoms with van der Waals surface area (Å²) >= 11 is 0. The standard InChI is InChI=1S/C12H17N3O3/c1-17-9-2-3-10(11(13)8-9)12(16)14-15-4-6-18-7-5-15/h2-3,8H,4-7,13H2,1H3,(H,14,16). The molecule has 0 aliphatic carbocycles. The van der Waals surface area contributed by atoms with Crippen molar-refractivity contribution in [2.75, 3.05) is 39.1 Å². The van der Waals surface area contributed by atoms with Gasteiger partial charge in [0.15, 0.2) is 0 Å². The van der Waals surface area contributed by atoms with Crippen LogP contribution in [0.15, 0.2) is 18.2 Å². The highest BCUT2D eigenvalue weighted by molar-refractivity contribution is 5.99. The molecule has 1 aliphatic heterocycles. The van der Waals surface area contributed by atoms with Crippen LogP contribution in [0.25, 0.3) is 0 Å². The Morgan fingerprint density at radius 1 is 1.44 bits per heavy atom. The smallest absolute Gasteiger partial charge is 0.267 e. The lowest BCUT2D eigenvalue weighted by Gasteiger charge is -2.27. The number of carbonyl (C=O) groups is 1. The van der Waals surface area contributed by atoms with Gasteiger partial charge in [-0.2, -0.15) is 0 Å². The van der Waals surface area contributed by atoms with Crippen molar-refractivity contribution in [2.24, 2.45) is 0 Å². The summed E-state index contributed by atoms with van der Waals surface area (Å²) in [6.07, 6.45) is 0. The zero-order valence-electron chi connectivity index (χ0n) is 10.3. The summed E-state index contributed by atoms with van der Waals surface area (Å²) < 4.78 is 10.2. The van der Waals surface area contributed by atoms with Crippen LogP contribution >= 0.6 is 0 Å². The second kappa shape index (κ2) is 5.70. The van der Waals surface area contributed by atoms with E-state index in [9.17, 15) is 4.79 Å². The first kappa shape index (κ1) is 12.7. The van der Waals surface area contributed by atoms with Gasteiger partial charge in [-0.15, -0.1) is 0 Å². The lowest BCUT2D eigenvalue weighted by atomic mass is 10.1. The van der Waals surface area contributed by atoms with Gasteiger partial charge in [-0.05, 0) is 12.1 Å². The van der Waals surface area contributed by atoms with Gasteiger partial charge in [0.1, 0.15) is 5.75 Å². The van der Waals surface area contributed by atoms with Crippen molar-refractivity contribution in [3.05, 3.63) is 23.8 Å². The number of ether oxygens (including phenoxy) is 2. The maximum atomic E-state index is 12.0. The number of carbonyl (C=O) groups excluding carboxylic acids is 1. The molecule has 6 nitrogen and oxygen atoms in total. The molecular formula is C12H17N3O3. The van der Waals surface area contributed by atoms with E-state index in [2.05, 4.69) is 5.43 Å². The minimum Gasteiger partial charge on any atom is -0.497 e. The Labute approximate surface area is 106 Å². The predicted molar refractivity (Wildman–Crippen MR) is 67.3 cm³/mol. The molecule has 0 unspecified atom stereocenters. The van der Waals surface area contributed by atoms with Crippen LogP contribution in [0.2, 0.25) is 0 Å². The first-order chi connectivity index (χ1) is 8.70. The Hall–Kier alpha value is -1.79. The Balaban J connectivity index is 2.03. The first-order valence-electron chi connectivity index (χ1n) is 5.78. The molecule has 1 saturated heterocycles. The van der Waals surface area contributed by atoms with Gasteiger partial charge >= 0.3 is 0 Å². The Kier molecular flexibility index (Phi) is 4.01. The lowest BCUT2D eigenvalue weighted by molar-refractivity contribution is 0.0126. The molecule has 1 amide bonds. The third-order valence-electron chi connectivity index (χ3n) is 2.77. The van der Waals surface area contributed by atoms with E-state index in [-0.39, 0.29) is 5.91 Å². The van der Waals surface area contributed by atoms with E-state index in [1.807, 2.05) is 5.01 Å². The Bertz CT molecular complexity index is 431. The van der Waals surface area contributed by atoms with E-state index in [1.54, 1.807) is 25.3 Å². The molecule has 0 spiro atoms. The van der Waals surface area contributed by atoms with Crippen LogP contribution in [0, 0.1) is 0 Å². The van der Waals surface area contributed by atoms with Crippen LogP contribution in [-0.2, 0) is 4.74 Å². The van der Waals surface area contributed by atoms with Crippen molar-refractivity contribution >= 4 is 11.6 Å². The number of nitrogens with zero attached hydrogens (tertiary/aromatic N) is 1. The fourth-order valence-electron chi connectivity index (χ4n) is 1.75. The fourth-order valence-corrected chi connectivity index (χ4v) is 1.75. The summed E-state index contributed by atoms with van der Waals surface area (Å²) in [5.41, 5.74) is 9.48. The quantitative estimate of drug-likeness (QED) is 0.753. The van der Waals surface area contributed by atoms with Crippen molar-refractivity contribution in [1.82, 2.24) is 10.4 Å². The molecule has 2 rings (SSSR count). The van der Waals surface area contributed by atoms with Crippen molar-refractivity contribution in [3.8, 4) is 5.75 Å². The molecule has 98 valence electrons. The number of hydrogen-bond acceptors (Lipinski definition) is 5. The molecule has 3 N–H and O–H groups in total. The number of benzene rings is 1. The molecule has 1 heterocycles. The van der Waals surface area contributed by atoms with E-state index >= 15 is 0 Å². The summed E-state index contributed by atoms with van der Waals surface area (Å²) in [5.74, 6) is 0.424. The topological polar surface area (TPSA) is 76.8 Å². The number of nitrogens with one attached hydrogen (secondary N) is 1. The summed E-state index contributed by atoms with van der Waals surface area (Å²) in [7, 11) is 1.56. The van der Waals surface area contributed by atoms with Crippen LogP contribution in [0.3, 0.4) is 0 Å². The second-order valence-electron chi connectivity index (χ2n) is 3.99. The van der Waals surface area contributed by atoms with Gasteiger partial charge in [0, 0.05) is 24.8 Å². The van der Waals surface area contributed by atoms with Gasteiger partial charge in [-0.25, -0.2) is 5.01 Å². The molecule has 1 aliphatic rings. The van der Waals surface area contributed by atoms with Crippen molar-refractivity contribution < 1.29 is 14.3 Å². The maximum Gasteiger partial charge on any atom is 0.267 e. The van der Waals surface area contributed by atoms with Gasteiger partial charge in [0.25, 0.3) is 5.91 Å². The number of hydrazine groups is 1. The summed E-state index contributed by atoms with van der Waals surface area (Å²) in [5, 5.41) is 1.83. The van der Waals surface area contributed by atoms with Crippen LogP contribution in [0.5, 0.6) is 5.75 Å². The minimum atomic E-state index is -0.211. The van der Waals surface area contributed by atoms with Crippen LogP contribution in [-0.4, -0.2) is 44.3 Å². The van der Waals surface area contributed by atoms with E-state index in [4.69, 9.17) is 15.2 Å². The molecule has 1 aromatic carbocycles. The van der Waals surface area contributed by atoms with Crippen LogP contribution in [0.4, 0.5) is 5.69 Å². The van der Waals surface area contributed by atoms with Crippen molar-refractivity contribution in [1.29, 1.82) is 0 Å². The molecule has 0 saturated carbocycles. The molecule has 6 heteroatoms. The number of methoxy groups -OCH3 is 1. The van der Waals surface area contributed by atoms with Crippen LogP contribution < -0.4 is 15.9 Å². The highest BCUT2D eigenvalue weighted by atomic mass is 16.5. The predicted octanol–water partition coefficient (Wildman–Crippen LogP) is 0.254. The largest absolute Gasteiger partial charge is 0.497 e. The minimum absolute atomic E-state index is 0.211. The highest BCUT2D eigenvalue weighted by Gasteiger charge is 2.16. The number of morpholine rings is 1. The zero-order chi connectivity index (χ0) is 13.0. The Morgan fingerprint density at radius 3 is 2.78 bits per heavy atom.